The van der Waals surface area contributed by atoms with Crippen LogP contribution in [0.5, 0.6) is 0 Å². The molecule has 32 heavy (non-hydrogen) atoms. The molecule has 6 nitrogen and oxygen atoms in total. The average Bonchev–Trinajstić information content (AvgIpc) is 3.19. The van der Waals surface area contributed by atoms with Gasteiger partial charge in [0.15, 0.2) is 5.54 Å². The minimum atomic E-state index is -1.51. The SMILES string of the molecule is Cc1ccc(CN2C(=O)c3ccccc3[C@@]23C(=O)N(C2CCCCC2)C(N)=C3C#N)cc1. The van der Waals surface area contributed by atoms with Crippen molar-refractivity contribution in [1.29, 1.82) is 5.26 Å². The highest BCUT2D eigenvalue weighted by atomic mass is 16.2. The van der Waals surface area contributed by atoms with Gasteiger partial charge in [-0.1, -0.05) is 67.3 Å². The number of carbonyl (C=O) groups is 2. The van der Waals surface area contributed by atoms with Crippen molar-refractivity contribution in [3.8, 4) is 6.07 Å². The second kappa shape index (κ2) is 7.52. The maximum Gasteiger partial charge on any atom is 0.264 e. The Hall–Kier alpha value is -3.59. The number of rotatable bonds is 3. The summed E-state index contributed by atoms with van der Waals surface area (Å²) in [6, 6.07) is 17.2. The van der Waals surface area contributed by atoms with Crippen LogP contribution in [0.2, 0.25) is 0 Å². The maximum atomic E-state index is 14.2. The summed E-state index contributed by atoms with van der Waals surface area (Å²) >= 11 is 0. The number of aryl methyl sites for hydroxylation is 1. The van der Waals surface area contributed by atoms with E-state index in [1.54, 1.807) is 28.0 Å². The summed E-state index contributed by atoms with van der Waals surface area (Å²) < 4.78 is 0. The third-order valence-corrected chi connectivity index (χ3v) is 7.12. The molecule has 162 valence electrons. The molecule has 6 heteroatoms. The quantitative estimate of drug-likeness (QED) is 0.810. The number of carbonyl (C=O) groups excluding carboxylic acids is 2. The molecule has 0 bridgehead atoms. The molecule has 1 spiro atoms. The van der Waals surface area contributed by atoms with Gasteiger partial charge in [-0.05, 0) is 31.4 Å². The van der Waals surface area contributed by atoms with E-state index in [0.29, 0.717) is 11.1 Å². The molecule has 2 amide bonds. The van der Waals surface area contributed by atoms with E-state index in [4.69, 9.17) is 5.73 Å². The number of nitrogens with two attached hydrogens (primary N) is 1. The summed E-state index contributed by atoms with van der Waals surface area (Å²) in [5, 5.41) is 10.2. The number of nitriles is 1. The summed E-state index contributed by atoms with van der Waals surface area (Å²) in [6.07, 6.45) is 4.90. The Kier molecular flexibility index (Phi) is 4.78. The van der Waals surface area contributed by atoms with Crippen LogP contribution in [0.4, 0.5) is 0 Å². The number of hydrogen-bond acceptors (Lipinski definition) is 4. The molecule has 3 aliphatic rings. The van der Waals surface area contributed by atoms with Crippen molar-refractivity contribution >= 4 is 11.8 Å². The first kappa shape index (κ1) is 20.3. The lowest BCUT2D eigenvalue weighted by Gasteiger charge is -2.37. The molecule has 2 heterocycles. The zero-order chi connectivity index (χ0) is 22.5. The third-order valence-electron chi connectivity index (χ3n) is 7.12. The molecule has 0 unspecified atom stereocenters. The molecule has 0 saturated heterocycles. The Morgan fingerprint density at radius 3 is 2.44 bits per heavy atom. The monoisotopic (exact) mass is 426 g/mol. The summed E-state index contributed by atoms with van der Waals surface area (Å²) in [6.45, 7) is 2.22. The van der Waals surface area contributed by atoms with E-state index in [0.717, 1.165) is 43.2 Å². The van der Waals surface area contributed by atoms with Crippen molar-refractivity contribution in [1.82, 2.24) is 9.80 Å². The zero-order valence-corrected chi connectivity index (χ0v) is 18.2. The van der Waals surface area contributed by atoms with E-state index in [1.165, 1.54) is 0 Å². The Morgan fingerprint density at radius 2 is 1.75 bits per heavy atom. The predicted octanol–water partition coefficient (Wildman–Crippen LogP) is 3.72. The lowest BCUT2D eigenvalue weighted by Crippen LogP contribution is -2.53. The van der Waals surface area contributed by atoms with Gasteiger partial charge in [0.05, 0.1) is 0 Å². The lowest BCUT2D eigenvalue weighted by molar-refractivity contribution is -0.139. The second-order valence-corrected chi connectivity index (χ2v) is 8.97. The van der Waals surface area contributed by atoms with Crippen LogP contribution in [0, 0.1) is 18.3 Å². The minimum Gasteiger partial charge on any atom is -0.384 e. The van der Waals surface area contributed by atoms with E-state index in [2.05, 4.69) is 6.07 Å². The van der Waals surface area contributed by atoms with Crippen molar-refractivity contribution < 1.29 is 9.59 Å². The first-order valence-electron chi connectivity index (χ1n) is 11.2. The van der Waals surface area contributed by atoms with Crippen molar-refractivity contribution in [2.75, 3.05) is 0 Å². The van der Waals surface area contributed by atoms with E-state index in [-0.39, 0.29) is 35.8 Å². The summed E-state index contributed by atoms with van der Waals surface area (Å²) in [5.41, 5.74) is 8.20. The Bertz CT molecular complexity index is 1170. The molecule has 5 rings (SSSR count). The summed E-state index contributed by atoms with van der Waals surface area (Å²) in [7, 11) is 0. The summed E-state index contributed by atoms with van der Waals surface area (Å²) in [4.78, 5) is 31.0. The van der Waals surface area contributed by atoms with Crippen molar-refractivity contribution in [2.45, 2.75) is 57.2 Å². The number of fused-ring (bicyclic) bond motifs is 2. The van der Waals surface area contributed by atoms with Gasteiger partial charge in [-0.15, -0.1) is 0 Å². The molecule has 2 aliphatic heterocycles. The van der Waals surface area contributed by atoms with Gasteiger partial charge in [-0.25, -0.2) is 0 Å². The smallest absolute Gasteiger partial charge is 0.264 e. The first-order chi connectivity index (χ1) is 15.5. The average molecular weight is 427 g/mol. The largest absolute Gasteiger partial charge is 0.384 e. The number of benzene rings is 2. The van der Waals surface area contributed by atoms with Gasteiger partial charge in [0.25, 0.3) is 11.8 Å². The van der Waals surface area contributed by atoms with E-state index in [9.17, 15) is 14.9 Å². The summed E-state index contributed by atoms with van der Waals surface area (Å²) in [5.74, 6) is -0.327. The van der Waals surface area contributed by atoms with Gasteiger partial charge in [-0.3, -0.25) is 14.5 Å². The van der Waals surface area contributed by atoms with Gasteiger partial charge in [-0.2, -0.15) is 5.26 Å². The van der Waals surface area contributed by atoms with E-state index in [1.807, 2.05) is 37.3 Å². The van der Waals surface area contributed by atoms with Gasteiger partial charge < -0.3 is 10.6 Å². The van der Waals surface area contributed by atoms with Crippen molar-refractivity contribution in [3.63, 3.8) is 0 Å². The molecule has 1 saturated carbocycles. The van der Waals surface area contributed by atoms with Crippen LogP contribution in [0.15, 0.2) is 59.9 Å². The van der Waals surface area contributed by atoms with Crippen LogP contribution in [-0.4, -0.2) is 27.7 Å². The number of amides is 2. The molecule has 1 aliphatic carbocycles. The Balaban J connectivity index is 1.69. The predicted molar refractivity (Wildman–Crippen MR) is 120 cm³/mol. The minimum absolute atomic E-state index is 0.0388. The first-order valence-corrected chi connectivity index (χ1v) is 11.2. The van der Waals surface area contributed by atoms with Crippen LogP contribution in [-0.2, 0) is 16.9 Å². The molecule has 1 atom stereocenters. The van der Waals surface area contributed by atoms with E-state index < -0.39 is 5.54 Å². The van der Waals surface area contributed by atoms with Gasteiger partial charge in [0.1, 0.15) is 17.5 Å². The topological polar surface area (TPSA) is 90.4 Å². The van der Waals surface area contributed by atoms with Crippen LogP contribution in [0.3, 0.4) is 0 Å². The molecular weight excluding hydrogens is 400 g/mol. The molecule has 0 aromatic heterocycles. The third kappa shape index (κ3) is 2.70. The van der Waals surface area contributed by atoms with Crippen molar-refractivity contribution in [2.24, 2.45) is 5.73 Å². The second-order valence-electron chi connectivity index (χ2n) is 8.97. The van der Waals surface area contributed by atoms with Crippen LogP contribution >= 0.6 is 0 Å². The van der Waals surface area contributed by atoms with Crippen LogP contribution in [0.25, 0.3) is 0 Å². The fourth-order valence-electron chi connectivity index (χ4n) is 5.53. The fourth-order valence-corrected chi connectivity index (χ4v) is 5.53. The molecular formula is C26H26N4O2. The van der Waals surface area contributed by atoms with Gasteiger partial charge >= 0.3 is 0 Å². The molecule has 0 radical (unpaired) electrons. The molecule has 2 aromatic carbocycles. The zero-order valence-electron chi connectivity index (χ0n) is 18.2. The van der Waals surface area contributed by atoms with Gasteiger partial charge in [0, 0.05) is 23.7 Å². The fraction of sp³-hybridized carbons (Fsp3) is 0.346. The van der Waals surface area contributed by atoms with Crippen LogP contribution in [0.1, 0.15) is 59.2 Å². The highest BCUT2D eigenvalue weighted by molar-refractivity contribution is 6.11. The Labute approximate surface area is 187 Å². The highest BCUT2D eigenvalue weighted by Crippen LogP contribution is 2.51. The number of hydrogen-bond donors (Lipinski definition) is 1. The van der Waals surface area contributed by atoms with Crippen LogP contribution < -0.4 is 5.73 Å². The maximum absolute atomic E-state index is 14.2. The standard InChI is InChI=1S/C26H26N4O2/c1-17-11-13-18(14-12-17)16-29-24(31)20-9-5-6-10-21(20)26(29)22(15-27)23(28)30(25(26)32)19-7-3-2-4-8-19/h5-6,9-14,19H,2-4,7-8,16,28H2,1H3/t26-/m1/s1. The number of nitrogens with zero attached hydrogens (tertiary/aromatic N) is 3. The lowest BCUT2D eigenvalue weighted by atomic mass is 9.83. The Morgan fingerprint density at radius 1 is 1.06 bits per heavy atom. The van der Waals surface area contributed by atoms with Gasteiger partial charge in [0.2, 0.25) is 0 Å². The van der Waals surface area contributed by atoms with E-state index >= 15 is 0 Å². The van der Waals surface area contributed by atoms with Crippen molar-refractivity contribution in [3.05, 3.63) is 82.2 Å². The normalized spacial score (nSPS) is 23.2. The molecule has 2 aromatic rings. The molecule has 1 fully saturated rings. The highest BCUT2D eigenvalue weighted by Gasteiger charge is 2.64. The molecule has 2 N–H and O–H groups in total.